The summed E-state index contributed by atoms with van der Waals surface area (Å²) in [6.45, 7) is 0.0885. The first-order chi connectivity index (χ1) is 14.1. The van der Waals surface area contributed by atoms with Crippen LogP contribution in [0.3, 0.4) is 0 Å². The normalized spacial score (nSPS) is 14.1. The van der Waals surface area contributed by atoms with Crippen LogP contribution in [0.25, 0.3) is 10.9 Å². The Morgan fingerprint density at radius 1 is 1.10 bits per heavy atom. The molecule has 0 spiro atoms. The number of benzene rings is 2. The van der Waals surface area contributed by atoms with E-state index < -0.39 is 5.97 Å². The van der Waals surface area contributed by atoms with Gasteiger partial charge in [-0.05, 0) is 43.9 Å². The molecule has 1 N–H and O–H groups in total. The van der Waals surface area contributed by atoms with Gasteiger partial charge in [0.05, 0.1) is 18.8 Å². The zero-order valence-corrected chi connectivity index (χ0v) is 16.4. The smallest absolute Gasteiger partial charge is 0.340 e. The van der Waals surface area contributed by atoms with Gasteiger partial charge in [0.15, 0.2) is 0 Å². The summed E-state index contributed by atoms with van der Waals surface area (Å²) < 4.78 is 12.6. The molecule has 6 nitrogen and oxygen atoms in total. The number of methoxy groups -OCH3 is 1. The van der Waals surface area contributed by atoms with Gasteiger partial charge in [-0.15, -0.1) is 0 Å². The largest absolute Gasteiger partial charge is 0.490 e. The lowest BCUT2D eigenvalue weighted by Gasteiger charge is -2.14. The molecule has 1 aromatic heterocycles. The highest BCUT2D eigenvalue weighted by Crippen LogP contribution is 2.26. The van der Waals surface area contributed by atoms with Gasteiger partial charge in [0, 0.05) is 28.9 Å². The molecule has 2 aromatic carbocycles. The Kier molecular flexibility index (Phi) is 5.51. The molecular weight excluding hydrogens is 368 g/mol. The standard InChI is InChI=1S/C23H24N2O4/c1-28-23(27)20-14-25(21-12-5-4-11-19(20)21)15-22(26)24-16-7-6-10-18(13-16)29-17-8-2-3-9-17/h4-7,10-14,17H,2-3,8-9,15H2,1H3,(H,24,26). The van der Waals surface area contributed by atoms with Crippen molar-refractivity contribution in [1.82, 2.24) is 4.57 Å². The van der Waals surface area contributed by atoms with Gasteiger partial charge in [-0.25, -0.2) is 4.79 Å². The van der Waals surface area contributed by atoms with Crippen LogP contribution in [-0.4, -0.2) is 29.7 Å². The van der Waals surface area contributed by atoms with Gasteiger partial charge < -0.3 is 19.4 Å². The topological polar surface area (TPSA) is 69.6 Å². The molecule has 1 amide bonds. The number of carbonyl (C=O) groups excluding carboxylic acids is 2. The molecule has 6 heteroatoms. The third-order valence-electron chi connectivity index (χ3n) is 5.23. The molecule has 4 rings (SSSR count). The average Bonchev–Trinajstić information content (AvgIpc) is 3.36. The van der Waals surface area contributed by atoms with Crippen LogP contribution in [0.2, 0.25) is 0 Å². The highest BCUT2D eigenvalue weighted by atomic mass is 16.5. The predicted molar refractivity (Wildman–Crippen MR) is 111 cm³/mol. The second kappa shape index (κ2) is 8.39. The first-order valence-electron chi connectivity index (χ1n) is 9.87. The molecule has 0 saturated heterocycles. The Balaban J connectivity index is 1.48. The number of nitrogens with zero attached hydrogens (tertiary/aromatic N) is 1. The Morgan fingerprint density at radius 2 is 1.90 bits per heavy atom. The van der Waals surface area contributed by atoms with Gasteiger partial charge >= 0.3 is 5.97 Å². The summed E-state index contributed by atoms with van der Waals surface area (Å²) in [5.41, 5.74) is 1.94. The van der Waals surface area contributed by atoms with Crippen molar-refractivity contribution in [2.24, 2.45) is 0 Å². The van der Waals surface area contributed by atoms with Crippen molar-refractivity contribution in [3.05, 3.63) is 60.3 Å². The van der Waals surface area contributed by atoms with Gasteiger partial charge in [-0.3, -0.25) is 4.79 Å². The summed E-state index contributed by atoms with van der Waals surface area (Å²) in [5.74, 6) is 0.173. The van der Waals surface area contributed by atoms with Crippen molar-refractivity contribution < 1.29 is 19.1 Å². The third kappa shape index (κ3) is 4.26. The number of esters is 1. The van der Waals surface area contributed by atoms with Crippen LogP contribution >= 0.6 is 0 Å². The summed E-state index contributed by atoms with van der Waals surface area (Å²) in [5, 5.41) is 3.68. The van der Waals surface area contributed by atoms with Crippen molar-refractivity contribution in [3.8, 4) is 5.75 Å². The summed E-state index contributed by atoms with van der Waals surface area (Å²) in [7, 11) is 1.35. The van der Waals surface area contributed by atoms with Gasteiger partial charge in [-0.2, -0.15) is 0 Å². The fourth-order valence-corrected chi connectivity index (χ4v) is 3.85. The van der Waals surface area contributed by atoms with Crippen LogP contribution in [0, 0.1) is 0 Å². The number of hydrogen-bond donors (Lipinski definition) is 1. The maximum absolute atomic E-state index is 12.6. The Bertz CT molecular complexity index is 1030. The first kappa shape index (κ1) is 19.1. The second-order valence-corrected chi connectivity index (χ2v) is 7.28. The molecule has 1 aliphatic carbocycles. The van der Waals surface area contributed by atoms with E-state index in [1.54, 1.807) is 10.8 Å². The van der Waals surface area contributed by atoms with E-state index in [0.717, 1.165) is 29.5 Å². The molecule has 150 valence electrons. The van der Waals surface area contributed by atoms with Crippen molar-refractivity contribution in [1.29, 1.82) is 0 Å². The van der Waals surface area contributed by atoms with Crippen molar-refractivity contribution in [2.75, 3.05) is 12.4 Å². The van der Waals surface area contributed by atoms with Crippen molar-refractivity contribution in [3.63, 3.8) is 0 Å². The van der Waals surface area contributed by atoms with E-state index in [-0.39, 0.29) is 18.6 Å². The zero-order chi connectivity index (χ0) is 20.2. The average molecular weight is 392 g/mol. The summed E-state index contributed by atoms with van der Waals surface area (Å²) in [4.78, 5) is 24.7. The van der Waals surface area contributed by atoms with E-state index >= 15 is 0 Å². The predicted octanol–water partition coefficient (Wildman–Crippen LogP) is 4.39. The molecule has 0 aliphatic heterocycles. The number of anilines is 1. The molecule has 29 heavy (non-hydrogen) atoms. The molecular formula is C23H24N2O4. The molecule has 0 radical (unpaired) electrons. The second-order valence-electron chi connectivity index (χ2n) is 7.28. The molecule has 3 aromatic rings. The molecule has 0 unspecified atom stereocenters. The minimum absolute atomic E-state index is 0.0885. The van der Waals surface area contributed by atoms with Gasteiger partial charge in [0.1, 0.15) is 12.3 Å². The van der Waals surface area contributed by atoms with Crippen molar-refractivity contribution >= 4 is 28.5 Å². The number of rotatable bonds is 6. The molecule has 0 bridgehead atoms. The van der Waals surface area contributed by atoms with E-state index in [0.29, 0.717) is 11.3 Å². The Labute approximate surface area is 169 Å². The number of fused-ring (bicyclic) bond motifs is 1. The summed E-state index contributed by atoms with van der Waals surface area (Å²) >= 11 is 0. The fraction of sp³-hybridized carbons (Fsp3) is 0.304. The number of nitrogens with one attached hydrogen (secondary N) is 1. The highest BCUT2D eigenvalue weighted by molar-refractivity contribution is 6.05. The number of amides is 1. The number of carbonyl (C=O) groups is 2. The highest BCUT2D eigenvalue weighted by Gasteiger charge is 2.18. The van der Waals surface area contributed by atoms with Gasteiger partial charge in [0.25, 0.3) is 0 Å². The zero-order valence-electron chi connectivity index (χ0n) is 16.4. The van der Waals surface area contributed by atoms with E-state index in [1.165, 1.54) is 20.0 Å². The lowest BCUT2D eigenvalue weighted by atomic mass is 10.2. The van der Waals surface area contributed by atoms with E-state index in [2.05, 4.69) is 5.32 Å². The maximum Gasteiger partial charge on any atom is 0.340 e. The van der Waals surface area contributed by atoms with E-state index in [1.807, 2.05) is 48.5 Å². The molecule has 1 aliphatic rings. The van der Waals surface area contributed by atoms with Crippen LogP contribution in [0.4, 0.5) is 5.69 Å². The summed E-state index contributed by atoms with van der Waals surface area (Å²) in [6, 6.07) is 14.9. The van der Waals surface area contributed by atoms with Crippen LogP contribution < -0.4 is 10.1 Å². The first-order valence-corrected chi connectivity index (χ1v) is 9.87. The third-order valence-corrected chi connectivity index (χ3v) is 5.23. The van der Waals surface area contributed by atoms with Crippen LogP contribution in [-0.2, 0) is 16.1 Å². The fourth-order valence-electron chi connectivity index (χ4n) is 3.85. The SMILES string of the molecule is COC(=O)c1cn(CC(=O)Nc2cccc(OC3CCCC3)c2)c2ccccc12. The van der Waals surface area contributed by atoms with E-state index in [4.69, 9.17) is 9.47 Å². The lowest BCUT2D eigenvalue weighted by Crippen LogP contribution is -2.18. The number of hydrogen-bond acceptors (Lipinski definition) is 4. The van der Waals surface area contributed by atoms with Gasteiger partial charge in [0.2, 0.25) is 5.91 Å². The van der Waals surface area contributed by atoms with Crippen LogP contribution in [0.5, 0.6) is 5.75 Å². The Morgan fingerprint density at radius 3 is 2.69 bits per heavy atom. The maximum atomic E-state index is 12.6. The minimum atomic E-state index is -0.419. The number of para-hydroxylation sites is 1. The molecule has 1 fully saturated rings. The van der Waals surface area contributed by atoms with Crippen LogP contribution in [0.1, 0.15) is 36.0 Å². The van der Waals surface area contributed by atoms with Crippen molar-refractivity contribution in [2.45, 2.75) is 38.3 Å². The van der Waals surface area contributed by atoms with Crippen LogP contribution in [0.15, 0.2) is 54.7 Å². The molecule has 0 atom stereocenters. The number of ether oxygens (including phenoxy) is 2. The van der Waals surface area contributed by atoms with Gasteiger partial charge in [-0.1, -0.05) is 24.3 Å². The minimum Gasteiger partial charge on any atom is -0.490 e. The summed E-state index contributed by atoms with van der Waals surface area (Å²) in [6.07, 6.45) is 6.51. The molecule has 1 heterocycles. The lowest BCUT2D eigenvalue weighted by molar-refractivity contribution is -0.116. The Hall–Kier alpha value is -3.28. The van der Waals surface area contributed by atoms with E-state index in [9.17, 15) is 9.59 Å². The molecule has 1 saturated carbocycles. The number of aromatic nitrogens is 1. The quantitative estimate of drug-likeness (QED) is 0.632. The monoisotopic (exact) mass is 392 g/mol.